The van der Waals surface area contributed by atoms with Crippen LogP contribution >= 0.6 is 0 Å². The first-order chi connectivity index (χ1) is 6.33. The van der Waals surface area contributed by atoms with Crippen molar-refractivity contribution in [2.45, 2.75) is 61.8 Å². The smallest absolute Gasteiger partial charge is 0.0590 e. The first kappa shape index (κ1) is 29.4. The Balaban J connectivity index is -0.0000000215. The molecule has 13 heavy (non-hydrogen) atoms. The third-order valence-corrected chi connectivity index (χ3v) is 0.167. The first-order valence-electron chi connectivity index (χ1n) is 5.56. The van der Waals surface area contributed by atoms with Gasteiger partial charge in [-0.2, -0.15) is 0 Å². The summed E-state index contributed by atoms with van der Waals surface area (Å²) in [6.07, 6.45) is 4.53. The molecule has 0 N–H and O–H groups in total. The van der Waals surface area contributed by atoms with Crippen LogP contribution in [-0.4, -0.2) is 0 Å². The largest absolute Gasteiger partial charge is 0.0991 e. The lowest BCUT2D eigenvalue weighted by Crippen LogP contribution is -1.27. The van der Waals surface area contributed by atoms with Gasteiger partial charge in [-0.3, -0.25) is 0 Å². The molecule has 0 aliphatic carbocycles. The van der Waals surface area contributed by atoms with E-state index in [9.17, 15) is 0 Å². The molecule has 0 fully saturated rings. The molecule has 0 saturated heterocycles. The van der Waals surface area contributed by atoms with Crippen LogP contribution in [0.1, 0.15) is 61.8 Å². The van der Waals surface area contributed by atoms with Crippen molar-refractivity contribution in [3.63, 3.8) is 0 Å². The van der Waals surface area contributed by atoms with Crippen molar-refractivity contribution >= 4 is 0 Å². The summed E-state index contributed by atoms with van der Waals surface area (Å²) in [5.41, 5.74) is 0. The quantitative estimate of drug-likeness (QED) is 0.453. The van der Waals surface area contributed by atoms with Gasteiger partial charge in [-0.05, 0) is 0 Å². The van der Waals surface area contributed by atoms with Gasteiger partial charge in [0.15, 0.2) is 0 Å². The Morgan fingerprint density at radius 1 is 0.692 bits per heavy atom. The Labute approximate surface area is 87.8 Å². The minimum absolute atomic E-state index is 1.25. The lowest BCUT2D eigenvalue weighted by Gasteiger charge is -1.48. The molecule has 0 aliphatic rings. The fourth-order valence-corrected chi connectivity index (χ4v) is 0. The van der Waals surface area contributed by atoms with Crippen LogP contribution in [-0.2, 0) is 0 Å². The molecule has 0 aromatic carbocycles. The third-order valence-electron chi connectivity index (χ3n) is 0.167. The van der Waals surface area contributed by atoms with Crippen molar-refractivity contribution in [3.05, 3.63) is 25.3 Å². The molecule has 0 saturated carbocycles. The summed E-state index contributed by atoms with van der Waals surface area (Å²) in [6, 6.07) is 0. The van der Waals surface area contributed by atoms with E-state index in [0.29, 0.717) is 0 Å². The van der Waals surface area contributed by atoms with Gasteiger partial charge in [-0.25, -0.2) is 0 Å². The van der Waals surface area contributed by atoms with E-state index < -0.39 is 0 Å². The number of hydrogen-bond donors (Lipinski definition) is 0. The van der Waals surface area contributed by atoms with Crippen molar-refractivity contribution in [2.24, 2.45) is 0 Å². The summed E-state index contributed by atoms with van der Waals surface area (Å²) in [6.45, 7) is 23.0. The number of allylic oxidation sites excluding steroid dienone is 2. The summed E-state index contributed by atoms with van der Waals surface area (Å²) in [5, 5.41) is 0. The summed E-state index contributed by atoms with van der Waals surface area (Å²) in [5.74, 6) is 0. The van der Waals surface area contributed by atoms with Crippen LogP contribution in [0.25, 0.3) is 0 Å². The van der Waals surface area contributed by atoms with E-state index in [1.165, 1.54) is 6.42 Å². The Morgan fingerprint density at radius 3 is 0.769 bits per heavy atom. The zero-order valence-electron chi connectivity index (χ0n) is 11.3. The fourth-order valence-electron chi connectivity index (χ4n) is 0. The van der Waals surface area contributed by atoms with E-state index in [-0.39, 0.29) is 0 Å². The average Bonchev–Trinajstić information content (AvgIpc) is 2.27. The second kappa shape index (κ2) is 205. The zero-order valence-corrected chi connectivity index (χ0v) is 11.3. The van der Waals surface area contributed by atoms with Crippen LogP contribution in [0.3, 0.4) is 0 Å². The van der Waals surface area contributed by atoms with Crippen LogP contribution < -0.4 is 0 Å². The predicted molar refractivity (Wildman–Crippen MR) is 70.4 cm³/mol. The second-order valence-electron chi connectivity index (χ2n) is 1.18. The lowest BCUT2D eigenvalue weighted by atomic mass is 10.6. The highest BCUT2D eigenvalue weighted by atomic mass is 13.4. The van der Waals surface area contributed by atoms with Crippen molar-refractivity contribution in [2.75, 3.05) is 0 Å². The Bertz CT molecular complexity index is 29.3. The molecule has 84 valence electrons. The topological polar surface area (TPSA) is 0 Å². The summed E-state index contributed by atoms with van der Waals surface area (Å²) < 4.78 is 0. The van der Waals surface area contributed by atoms with Crippen molar-refractivity contribution < 1.29 is 0 Å². The monoisotopic (exact) mass is 188 g/mol. The van der Waals surface area contributed by atoms with Crippen LogP contribution in [0.5, 0.6) is 0 Å². The highest BCUT2D eigenvalue weighted by molar-refractivity contribution is 4.88. The first-order valence-corrected chi connectivity index (χ1v) is 5.56. The van der Waals surface area contributed by atoms with Crippen molar-refractivity contribution in [1.82, 2.24) is 0 Å². The molecule has 0 unspecified atom stereocenters. The Hall–Kier alpha value is -0.520. The molecular formula is C13H32. The summed E-state index contributed by atoms with van der Waals surface area (Å²) >= 11 is 0. The van der Waals surface area contributed by atoms with E-state index in [1.807, 2.05) is 41.5 Å². The molecule has 0 rings (SSSR count). The summed E-state index contributed by atoms with van der Waals surface area (Å²) in [7, 11) is 0. The van der Waals surface area contributed by atoms with Gasteiger partial charge in [-0.1, -0.05) is 87.1 Å². The Morgan fingerprint density at radius 2 is 0.769 bits per heavy atom. The van der Waals surface area contributed by atoms with Gasteiger partial charge in [0.05, 0.1) is 0 Å². The molecule has 0 bridgehead atoms. The number of rotatable bonds is 1. The molecule has 0 spiro atoms. The Kier molecular flexibility index (Phi) is 464. The molecule has 0 aromatic heterocycles. The maximum Gasteiger partial charge on any atom is -0.0590 e. The SMILES string of the molecule is C=CC=C.CC.CC.CC.CCC. The minimum Gasteiger partial charge on any atom is -0.0991 e. The lowest BCUT2D eigenvalue weighted by molar-refractivity contribution is 1.09. The zero-order chi connectivity index (χ0) is 12.1. The van der Waals surface area contributed by atoms with Gasteiger partial charge in [0.25, 0.3) is 0 Å². The average molecular weight is 188 g/mol. The van der Waals surface area contributed by atoms with E-state index in [1.54, 1.807) is 12.2 Å². The maximum atomic E-state index is 3.36. The number of hydrogen-bond acceptors (Lipinski definition) is 0. The van der Waals surface area contributed by atoms with E-state index in [2.05, 4.69) is 27.0 Å². The molecule has 0 nitrogen and oxygen atoms in total. The maximum absolute atomic E-state index is 3.36. The fraction of sp³-hybridized carbons (Fsp3) is 0.692. The third kappa shape index (κ3) is 4480. The highest BCUT2D eigenvalue weighted by Crippen LogP contribution is 1.56. The van der Waals surface area contributed by atoms with Gasteiger partial charge in [0.2, 0.25) is 0 Å². The minimum atomic E-state index is 1.25. The highest BCUT2D eigenvalue weighted by Gasteiger charge is 1.35. The molecule has 0 aliphatic heterocycles. The van der Waals surface area contributed by atoms with Crippen molar-refractivity contribution in [3.8, 4) is 0 Å². The molecular weight excluding hydrogens is 156 g/mol. The van der Waals surface area contributed by atoms with E-state index >= 15 is 0 Å². The van der Waals surface area contributed by atoms with Gasteiger partial charge in [-0.15, -0.1) is 0 Å². The van der Waals surface area contributed by atoms with Crippen LogP contribution in [0.4, 0.5) is 0 Å². The van der Waals surface area contributed by atoms with Crippen LogP contribution in [0, 0.1) is 0 Å². The van der Waals surface area contributed by atoms with E-state index in [0.717, 1.165) is 0 Å². The van der Waals surface area contributed by atoms with Gasteiger partial charge >= 0.3 is 0 Å². The van der Waals surface area contributed by atoms with Gasteiger partial charge < -0.3 is 0 Å². The molecule has 0 amide bonds. The molecule has 0 heteroatoms. The standard InChI is InChI=1S/C4H6.C3H8.3C2H6/c1-3-4-2;1-3-2;3*1-2/h3-4H,1-2H2;3H2,1-2H3;3*1-2H3. The van der Waals surface area contributed by atoms with Crippen LogP contribution in [0.2, 0.25) is 0 Å². The predicted octanol–water partition coefficient (Wildman–Crippen LogP) is 5.85. The van der Waals surface area contributed by atoms with E-state index in [4.69, 9.17) is 0 Å². The molecule has 0 aromatic rings. The van der Waals surface area contributed by atoms with Crippen LogP contribution in [0.15, 0.2) is 25.3 Å². The second-order valence-corrected chi connectivity index (χ2v) is 1.18. The molecule has 0 heterocycles. The summed E-state index contributed by atoms with van der Waals surface area (Å²) in [4.78, 5) is 0. The van der Waals surface area contributed by atoms with Gasteiger partial charge in [0, 0.05) is 0 Å². The van der Waals surface area contributed by atoms with Crippen molar-refractivity contribution in [1.29, 1.82) is 0 Å². The molecule has 0 atom stereocenters. The van der Waals surface area contributed by atoms with Gasteiger partial charge in [0.1, 0.15) is 0 Å². The molecule has 0 radical (unpaired) electrons. The normalized spacial score (nSPS) is 4.31.